The Balaban J connectivity index is 2.20. The lowest BCUT2D eigenvalue weighted by Crippen LogP contribution is -2.44. The van der Waals surface area contributed by atoms with Crippen LogP contribution in [0.4, 0.5) is 0 Å². The summed E-state index contributed by atoms with van der Waals surface area (Å²) in [6, 6.07) is 0. The van der Waals surface area contributed by atoms with Gasteiger partial charge in [-0.3, -0.25) is 4.79 Å². The van der Waals surface area contributed by atoms with Crippen LogP contribution in [0.1, 0.15) is 66.2 Å². The molecule has 0 aromatic rings. The molecule has 4 nitrogen and oxygen atoms in total. The Labute approximate surface area is 123 Å². The molecule has 0 aromatic heterocycles. The number of hydrogen-bond acceptors (Lipinski definition) is 3. The molecule has 0 spiro atoms. The van der Waals surface area contributed by atoms with Crippen LogP contribution in [-0.4, -0.2) is 29.3 Å². The molecule has 3 atom stereocenters. The van der Waals surface area contributed by atoms with E-state index in [1.165, 1.54) is 6.42 Å². The number of aliphatic carboxylic acids is 1. The fourth-order valence-corrected chi connectivity index (χ4v) is 3.34. The molecule has 3 N–H and O–H groups in total. The average Bonchev–Trinajstić information content (AvgIpc) is 2.25. The molecule has 4 heteroatoms. The van der Waals surface area contributed by atoms with Gasteiger partial charge in [-0.25, -0.2) is 0 Å². The minimum Gasteiger partial charge on any atom is -0.480 e. The zero-order valence-electron chi connectivity index (χ0n) is 13.4. The summed E-state index contributed by atoms with van der Waals surface area (Å²) in [5, 5.41) is 8.93. The molecule has 20 heavy (non-hydrogen) atoms. The highest BCUT2D eigenvalue weighted by molar-refractivity contribution is 5.77. The monoisotopic (exact) mass is 285 g/mol. The smallest absolute Gasteiger partial charge is 0.323 e. The molecule has 1 aliphatic carbocycles. The van der Waals surface area contributed by atoms with Crippen molar-refractivity contribution in [2.24, 2.45) is 17.1 Å². The number of rotatable bonds is 7. The molecule has 0 amide bonds. The maximum atomic E-state index is 10.9. The largest absolute Gasteiger partial charge is 0.480 e. The first-order chi connectivity index (χ1) is 9.12. The van der Waals surface area contributed by atoms with Gasteiger partial charge in [-0.2, -0.15) is 0 Å². The van der Waals surface area contributed by atoms with E-state index in [1.54, 1.807) is 6.92 Å². The van der Waals surface area contributed by atoms with E-state index >= 15 is 0 Å². The van der Waals surface area contributed by atoms with Gasteiger partial charge in [0.2, 0.25) is 0 Å². The van der Waals surface area contributed by atoms with E-state index in [1.807, 2.05) is 0 Å². The molecule has 0 saturated heterocycles. The van der Waals surface area contributed by atoms with Crippen LogP contribution in [0.25, 0.3) is 0 Å². The van der Waals surface area contributed by atoms with E-state index in [0.29, 0.717) is 24.5 Å². The Morgan fingerprint density at radius 3 is 2.60 bits per heavy atom. The first kappa shape index (κ1) is 17.4. The van der Waals surface area contributed by atoms with E-state index in [-0.39, 0.29) is 0 Å². The van der Waals surface area contributed by atoms with Crippen molar-refractivity contribution in [3.63, 3.8) is 0 Å². The molecular weight excluding hydrogens is 254 g/mol. The number of unbranched alkanes of at least 4 members (excludes halogenated alkanes) is 1. The Morgan fingerprint density at radius 1 is 1.40 bits per heavy atom. The summed E-state index contributed by atoms with van der Waals surface area (Å²) in [6.07, 6.45) is 6.08. The van der Waals surface area contributed by atoms with Gasteiger partial charge in [-0.15, -0.1) is 0 Å². The highest BCUT2D eigenvalue weighted by atomic mass is 16.5. The summed E-state index contributed by atoms with van der Waals surface area (Å²) in [4.78, 5) is 10.9. The van der Waals surface area contributed by atoms with Crippen molar-refractivity contribution in [2.75, 3.05) is 6.61 Å². The van der Waals surface area contributed by atoms with Crippen molar-refractivity contribution < 1.29 is 14.6 Å². The van der Waals surface area contributed by atoms with Crippen LogP contribution in [0.5, 0.6) is 0 Å². The summed E-state index contributed by atoms with van der Waals surface area (Å²) in [6.45, 7) is 9.20. The van der Waals surface area contributed by atoms with Crippen molar-refractivity contribution in [3.8, 4) is 0 Å². The van der Waals surface area contributed by atoms with Crippen LogP contribution >= 0.6 is 0 Å². The number of carboxylic acid groups (broad SMARTS) is 1. The summed E-state index contributed by atoms with van der Waals surface area (Å²) in [7, 11) is 0. The lowest BCUT2D eigenvalue weighted by Gasteiger charge is -2.38. The predicted octanol–water partition coefficient (Wildman–Crippen LogP) is 3.19. The van der Waals surface area contributed by atoms with Gasteiger partial charge < -0.3 is 15.6 Å². The quantitative estimate of drug-likeness (QED) is 0.705. The molecular formula is C16H31NO3. The molecule has 1 rings (SSSR count). The lowest BCUT2D eigenvalue weighted by molar-refractivity contribution is -0.143. The van der Waals surface area contributed by atoms with Gasteiger partial charge in [-0.05, 0) is 56.8 Å². The van der Waals surface area contributed by atoms with E-state index in [2.05, 4.69) is 20.8 Å². The Kier molecular flexibility index (Phi) is 6.02. The Hall–Kier alpha value is -0.610. The number of hydrogen-bond donors (Lipinski definition) is 2. The van der Waals surface area contributed by atoms with Crippen molar-refractivity contribution in [2.45, 2.75) is 77.9 Å². The van der Waals surface area contributed by atoms with Gasteiger partial charge in [0.15, 0.2) is 0 Å². The molecule has 3 unspecified atom stereocenters. The van der Waals surface area contributed by atoms with E-state index in [0.717, 1.165) is 31.6 Å². The normalized spacial score (nSPS) is 28.9. The molecule has 1 aliphatic rings. The highest BCUT2D eigenvalue weighted by Crippen LogP contribution is 2.39. The number of carboxylic acids is 1. The van der Waals surface area contributed by atoms with Crippen molar-refractivity contribution in [1.29, 1.82) is 0 Å². The lowest BCUT2D eigenvalue weighted by atomic mass is 9.71. The van der Waals surface area contributed by atoms with Crippen molar-refractivity contribution >= 4 is 5.97 Å². The SMILES string of the molecule is CC1CC(OCCCCC(C)(N)C(=O)O)CC(C)(C)C1. The van der Waals surface area contributed by atoms with Gasteiger partial charge in [0, 0.05) is 6.61 Å². The topological polar surface area (TPSA) is 72.5 Å². The second-order valence-corrected chi connectivity index (χ2v) is 7.59. The van der Waals surface area contributed by atoms with Crippen LogP contribution in [0.3, 0.4) is 0 Å². The number of ether oxygens (including phenoxy) is 1. The zero-order chi connectivity index (χ0) is 15.4. The van der Waals surface area contributed by atoms with Crippen molar-refractivity contribution in [1.82, 2.24) is 0 Å². The molecule has 0 radical (unpaired) electrons. The number of nitrogens with two attached hydrogens (primary N) is 1. The van der Waals surface area contributed by atoms with Gasteiger partial charge in [0.1, 0.15) is 5.54 Å². The Bertz CT molecular complexity index is 326. The fraction of sp³-hybridized carbons (Fsp3) is 0.938. The standard InChI is InChI=1S/C16H31NO3/c1-12-9-13(11-15(2,3)10-12)20-8-6-5-7-16(4,17)14(18)19/h12-13H,5-11,17H2,1-4H3,(H,18,19). The zero-order valence-corrected chi connectivity index (χ0v) is 13.4. The van der Waals surface area contributed by atoms with Crippen molar-refractivity contribution in [3.05, 3.63) is 0 Å². The molecule has 0 bridgehead atoms. The van der Waals surface area contributed by atoms with Gasteiger partial charge in [-0.1, -0.05) is 20.8 Å². The molecule has 1 fully saturated rings. The van der Waals surface area contributed by atoms with Crippen LogP contribution in [0, 0.1) is 11.3 Å². The van der Waals surface area contributed by atoms with Gasteiger partial charge >= 0.3 is 5.97 Å². The molecule has 0 aliphatic heterocycles. The fourth-order valence-electron chi connectivity index (χ4n) is 3.34. The second kappa shape index (κ2) is 6.90. The third-order valence-electron chi connectivity index (χ3n) is 4.28. The number of carbonyl (C=O) groups is 1. The maximum Gasteiger partial charge on any atom is 0.323 e. The minimum absolute atomic E-state index is 0.359. The van der Waals surface area contributed by atoms with E-state index < -0.39 is 11.5 Å². The van der Waals surface area contributed by atoms with Crippen LogP contribution in [0.15, 0.2) is 0 Å². The summed E-state index contributed by atoms with van der Waals surface area (Å²) < 4.78 is 5.98. The third kappa shape index (κ3) is 5.80. The summed E-state index contributed by atoms with van der Waals surface area (Å²) in [5.74, 6) is -0.204. The highest BCUT2D eigenvalue weighted by Gasteiger charge is 2.32. The second-order valence-electron chi connectivity index (χ2n) is 7.59. The molecule has 0 heterocycles. The van der Waals surface area contributed by atoms with Gasteiger partial charge in [0.05, 0.1) is 6.10 Å². The van der Waals surface area contributed by atoms with E-state index in [9.17, 15) is 4.79 Å². The molecule has 1 saturated carbocycles. The summed E-state index contributed by atoms with van der Waals surface area (Å²) >= 11 is 0. The minimum atomic E-state index is -1.11. The van der Waals surface area contributed by atoms with Crippen LogP contribution in [0.2, 0.25) is 0 Å². The van der Waals surface area contributed by atoms with Crippen LogP contribution in [-0.2, 0) is 9.53 Å². The first-order valence-corrected chi connectivity index (χ1v) is 7.76. The average molecular weight is 285 g/mol. The van der Waals surface area contributed by atoms with E-state index in [4.69, 9.17) is 15.6 Å². The maximum absolute atomic E-state index is 10.9. The predicted molar refractivity (Wildman–Crippen MR) is 80.6 cm³/mol. The first-order valence-electron chi connectivity index (χ1n) is 7.76. The summed E-state index contributed by atoms with van der Waals surface area (Å²) in [5.41, 5.74) is 4.96. The third-order valence-corrected chi connectivity index (χ3v) is 4.28. The molecule has 118 valence electrons. The van der Waals surface area contributed by atoms with Crippen LogP contribution < -0.4 is 5.73 Å². The molecule has 0 aromatic carbocycles. The van der Waals surface area contributed by atoms with Gasteiger partial charge in [0.25, 0.3) is 0 Å². The Morgan fingerprint density at radius 2 is 2.05 bits per heavy atom.